The normalized spacial score (nSPS) is 10.5. The van der Waals surface area contributed by atoms with Crippen LogP contribution in [0.3, 0.4) is 0 Å². The van der Waals surface area contributed by atoms with Crippen LogP contribution in [0.25, 0.3) is 0 Å². The summed E-state index contributed by atoms with van der Waals surface area (Å²) in [5, 5.41) is 9.88. The number of aromatic nitrogens is 2. The van der Waals surface area contributed by atoms with Gasteiger partial charge in [0.1, 0.15) is 11.3 Å². The summed E-state index contributed by atoms with van der Waals surface area (Å²) in [6.45, 7) is 3.03. The van der Waals surface area contributed by atoms with Gasteiger partial charge in [-0.3, -0.25) is 4.79 Å². The number of thioether (sulfide) groups is 1. The summed E-state index contributed by atoms with van der Waals surface area (Å²) < 4.78 is 0. The maximum absolute atomic E-state index is 11.6. The van der Waals surface area contributed by atoms with Crippen LogP contribution in [0.4, 0.5) is 0 Å². The van der Waals surface area contributed by atoms with Crippen molar-refractivity contribution < 1.29 is 9.90 Å². The maximum Gasteiger partial charge on any atom is 0.254 e. The fourth-order valence-electron chi connectivity index (χ4n) is 0.839. The van der Waals surface area contributed by atoms with Crippen LogP contribution in [0, 0.1) is 11.8 Å². The molecule has 0 aliphatic rings. The second-order valence-electron chi connectivity index (χ2n) is 3.57. The summed E-state index contributed by atoms with van der Waals surface area (Å²) in [6.07, 6.45) is 3.34. The molecule has 0 unspecified atom stereocenters. The van der Waals surface area contributed by atoms with Crippen molar-refractivity contribution in [3.05, 3.63) is 18.0 Å². The smallest absolute Gasteiger partial charge is 0.254 e. The zero-order chi connectivity index (χ0) is 12.2. The molecule has 0 aliphatic heterocycles. The Kier molecular flexibility index (Phi) is 4.05. The second kappa shape index (κ2) is 5.10. The van der Waals surface area contributed by atoms with Crippen molar-refractivity contribution in [1.82, 2.24) is 9.97 Å². The van der Waals surface area contributed by atoms with Gasteiger partial charge in [-0.2, -0.15) is 0 Å². The van der Waals surface area contributed by atoms with E-state index in [2.05, 4.69) is 21.8 Å². The predicted octanol–water partition coefficient (Wildman–Crippen LogP) is 1.16. The first-order chi connectivity index (χ1) is 7.42. The Morgan fingerprint density at radius 1 is 1.56 bits per heavy atom. The van der Waals surface area contributed by atoms with Gasteiger partial charge >= 0.3 is 0 Å². The van der Waals surface area contributed by atoms with Gasteiger partial charge in [-0.05, 0) is 32.1 Å². The van der Waals surface area contributed by atoms with Crippen molar-refractivity contribution in [3.63, 3.8) is 0 Å². The number of Topliss-reactive ketones (excluding diaryl/α,β-unsaturated/α-hetero) is 1. The average molecular weight is 236 g/mol. The molecule has 0 fully saturated rings. The molecule has 1 aromatic heterocycles. The topological polar surface area (TPSA) is 63.1 Å². The molecule has 16 heavy (non-hydrogen) atoms. The molecule has 1 aromatic rings. The fraction of sp³-hybridized carbons (Fsp3) is 0.364. The SMILES string of the molecule is CSc1nccc(C(=O)C#CC(C)(C)O)n1. The highest BCUT2D eigenvalue weighted by Crippen LogP contribution is 2.07. The van der Waals surface area contributed by atoms with Crippen molar-refractivity contribution in [2.75, 3.05) is 6.26 Å². The lowest BCUT2D eigenvalue weighted by Gasteiger charge is -2.05. The summed E-state index contributed by atoms with van der Waals surface area (Å²) in [7, 11) is 0. The number of rotatable bonds is 2. The molecule has 0 atom stereocenters. The monoisotopic (exact) mass is 236 g/mol. The quantitative estimate of drug-likeness (QED) is 0.274. The maximum atomic E-state index is 11.6. The minimum absolute atomic E-state index is 0.246. The van der Waals surface area contributed by atoms with Crippen LogP contribution < -0.4 is 0 Å². The molecular weight excluding hydrogens is 224 g/mol. The molecule has 84 valence electrons. The van der Waals surface area contributed by atoms with Gasteiger partial charge < -0.3 is 5.11 Å². The van der Waals surface area contributed by atoms with Crippen molar-refractivity contribution >= 4 is 17.5 Å². The van der Waals surface area contributed by atoms with Crippen LogP contribution in [-0.4, -0.2) is 32.7 Å². The van der Waals surface area contributed by atoms with Gasteiger partial charge in [0.25, 0.3) is 5.78 Å². The van der Waals surface area contributed by atoms with E-state index >= 15 is 0 Å². The molecule has 0 spiro atoms. The van der Waals surface area contributed by atoms with Gasteiger partial charge in [0, 0.05) is 6.20 Å². The Labute approximate surface area is 98.5 Å². The molecule has 0 bridgehead atoms. The van der Waals surface area contributed by atoms with Gasteiger partial charge in [-0.25, -0.2) is 9.97 Å². The minimum atomic E-state index is -1.18. The van der Waals surface area contributed by atoms with Gasteiger partial charge in [0.05, 0.1) is 0 Å². The van der Waals surface area contributed by atoms with Gasteiger partial charge in [-0.1, -0.05) is 17.7 Å². The second-order valence-corrected chi connectivity index (χ2v) is 4.34. The van der Waals surface area contributed by atoms with E-state index in [0.717, 1.165) is 0 Å². The molecule has 4 nitrogen and oxygen atoms in total. The Balaban J connectivity index is 2.92. The molecule has 5 heteroatoms. The van der Waals surface area contributed by atoms with Gasteiger partial charge in [0.2, 0.25) is 0 Å². The van der Waals surface area contributed by atoms with Crippen molar-refractivity contribution in [2.24, 2.45) is 0 Å². The Hall–Kier alpha value is -1.38. The van der Waals surface area contributed by atoms with Crippen LogP contribution in [-0.2, 0) is 0 Å². The lowest BCUT2D eigenvalue weighted by molar-refractivity contribution is 0.104. The number of hydrogen-bond donors (Lipinski definition) is 1. The third kappa shape index (κ3) is 4.01. The molecule has 0 amide bonds. The Bertz CT molecular complexity index is 455. The van der Waals surface area contributed by atoms with Crippen LogP contribution in [0.2, 0.25) is 0 Å². The predicted molar refractivity (Wildman–Crippen MR) is 62.2 cm³/mol. The number of carbonyl (C=O) groups excluding carboxylic acids is 1. The van der Waals surface area contributed by atoms with Crippen molar-refractivity contribution in [1.29, 1.82) is 0 Å². The van der Waals surface area contributed by atoms with Crippen LogP contribution in [0.5, 0.6) is 0 Å². The zero-order valence-electron chi connectivity index (χ0n) is 9.31. The Morgan fingerprint density at radius 3 is 2.81 bits per heavy atom. The largest absolute Gasteiger partial charge is 0.378 e. The van der Waals surface area contributed by atoms with E-state index in [-0.39, 0.29) is 5.69 Å². The Morgan fingerprint density at radius 2 is 2.25 bits per heavy atom. The third-order valence-electron chi connectivity index (χ3n) is 1.53. The zero-order valence-corrected chi connectivity index (χ0v) is 10.1. The average Bonchev–Trinajstić information content (AvgIpc) is 2.25. The highest BCUT2D eigenvalue weighted by atomic mass is 32.2. The summed E-state index contributed by atoms with van der Waals surface area (Å²) in [5.74, 6) is 4.38. The molecule has 0 saturated carbocycles. The van der Waals surface area contributed by atoms with Crippen LogP contribution in [0.15, 0.2) is 17.4 Å². The summed E-state index contributed by atoms with van der Waals surface area (Å²) in [5.41, 5.74) is -0.929. The summed E-state index contributed by atoms with van der Waals surface area (Å²) in [4.78, 5) is 19.5. The van der Waals surface area contributed by atoms with Crippen LogP contribution in [0.1, 0.15) is 24.3 Å². The number of hydrogen-bond acceptors (Lipinski definition) is 5. The number of aliphatic hydroxyl groups is 1. The molecule has 1 N–H and O–H groups in total. The highest BCUT2D eigenvalue weighted by molar-refractivity contribution is 7.98. The van der Waals surface area contributed by atoms with Gasteiger partial charge in [-0.15, -0.1) is 0 Å². The number of ketones is 1. The summed E-state index contributed by atoms with van der Waals surface area (Å²) >= 11 is 1.35. The molecule has 1 heterocycles. The first kappa shape index (κ1) is 12.7. The molecule has 0 saturated heterocycles. The minimum Gasteiger partial charge on any atom is -0.378 e. The van der Waals surface area contributed by atoms with Crippen molar-refractivity contribution in [2.45, 2.75) is 24.6 Å². The number of carbonyl (C=O) groups is 1. The lowest BCUT2D eigenvalue weighted by Crippen LogP contribution is -2.15. The first-order valence-corrected chi connectivity index (χ1v) is 5.82. The van der Waals surface area contributed by atoms with E-state index in [1.54, 1.807) is 0 Å². The highest BCUT2D eigenvalue weighted by Gasteiger charge is 2.09. The fourth-order valence-corrected chi connectivity index (χ4v) is 1.20. The first-order valence-electron chi connectivity index (χ1n) is 4.59. The third-order valence-corrected chi connectivity index (χ3v) is 2.09. The molecule has 1 rings (SSSR count). The van der Waals surface area contributed by atoms with E-state index in [1.807, 2.05) is 6.26 Å². The number of nitrogens with zero attached hydrogens (tertiary/aromatic N) is 2. The van der Waals surface area contributed by atoms with E-state index in [0.29, 0.717) is 5.16 Å². The lowest BCUT2D eigenvalue weighted by atomic mass is 10.1. The van der Waals surface area contributed by atoms with E-state index in [1.165, 1.54) is 37.9 Å². The molecule has 0 aliphatic carbocycles. The van der Waals surface area contributed by atoms with E-state index < -0.39 is 11.4 Å². The van der Waals surface area contributed by atoms with Crippen LogP contribution >= 0.6 is 11.8 Å². The van der Waals surface area contributed by atoms with E-state index in [9.17, 15) is 9.90 Å². The molecule has 0 aromatic carbocycles. The standard InChI is InChI=1S/C11H12N2O2S/c1-11(2,15)6-4-9(14)8-5-7-12-10(13-8)16-3/h5,7,15H,1-3H3. The van der Waals surface area contributed by atoms with Gasteiger partial charge in [0.15, 0.2) is 5.16 Å². The summed E-state index contributed by atoms with van der Waals surface area (Å²) in [6, 6.07) is 1.50. The van der Waals surface area contributed by atoms with E-state index in [4.69, 9.17) is 0 Å². The van der Waals surface area contributed by atoms with Crippen molar-refractivity contribution in [3.8, 4) is 11.8 Å². The molecule has 0 radical (unpaired) electrons. The molecular formula is C11H12N2O2S.